The molecule has 8 heteroatoms. The Morgan fingerprint density at radius 2 is 2.17 bits per heavy atom. The minimum absolute atomic E-state index is 0.286. The van der Waals surface area contributed by atoms with E-state index in [1.807, 2.05) is 6.07 Å². The van der Waals surface area contributed by atoms with Crippen LogP contribution in [0.2, 0.25) is 0 Å². The van der Waals surface area contributed by atoms with Crippen molar-refractivity contribution >= 4 is 37.6 Å². The van der Waals surface area contributed by atoms with E-state index in [0.717, 1.165) is 12.0 Å². The highest BCUT2D eigenvalue weighted by molar-refractivity contribution is 9.08. The van der Waals surface area contributed by atoms with E-state index in [9.17, 15) is 8.42 Å². The molecule has 0 amide bonds. The van der Waals surface area contributed by atoms with Crippen molar-refractivity contribution in [3.05, 3.63) is 17.7 Å². The van der Waals surface area contributed by atoms with Crippen LogP contribution in [-0.2, 0) is 20.1 Å². The Morgan fingerprint density at radius 3 is 2.67 bits per heavy atom. The predicted octanol–water partition coefficient (Wildman–Crippen LogP) is 2.85. The van der Waals surface area contributed by atoms with Gasteiger partial charge in [-0.05, 0) is 42.4 Å². The van der Waals surface area contributed by atoms with Gasteiger partial charge in [-0.2, -0.15) is 0 Å². The summed E-state index contributed by atoms with van der Waals surface area (Å²) in [6.07, 6.45) is 3.29. The molecule has 1 fully saturated rings. The number of hydrogen-bond donors (Lipinski definition) is 1. The number of pyridine rings is 1. The summed E-state index contributed by atoms with van der Waals surface area (Å²) in [4.78, 5) is 4.50. The van der Waals surface area contributed by atoms with E-state index >= 15 is 0 Å². The van der Waals surface area contributed by atoms with E-state index in [1.165, 1.54) is 24.0 Å². The van der Waals surface area contributed by atoms with Gasteiger partial charge in [-0.15, -0.1) is 0 Å². The molecule has 1 aromatic heterocycles. The summed E-state index contributed by atoms with van der Waals surface area (Å²) < 4.78 is 30.0. The average molecular weight is 420 g/mol. The number of halogens is 1. The van der Waals surface area contributed by atoms with Crippen LogP contribution in [0.1, 0.15) is 25.3 Å². The Balaban J connectivity index is 2.24. The molecule has 3 atom stereocenters. The zero-order valence-electron chi connectivity index (χ0n) is 14.6. The van der Waals surface area contributed by atoms with Crippen LogP contribution >= 0.6 is 15.9 Å². The third-order valence-corrected chi connectivity index (χ3v) is 6.33. The molecule has 0 aromatic carbocycles. The number of hydrogen-bond acceptors (Lipinski definition) is 5. The maximum atomic E-state index is 11.8. The summed E-state index contributed by atoms with van der Waals surface area (Å²) in [6.45, 7) is 2.94. The Hall–Kier alpha value is -0.860. The summed E-state index contributed by atoms with van der Waals surface area (Å²) in [5.41, 5.74) is 0.979. The first-order chi connectivity index (χ1) is 11.3. The minimum Gasteiger partial charge on any atom is -0.385 e. The monoisotopic (exact) mass is 419 g/mol. The first kappa shape index (κ1) is 19.5. The van der Waals surface area contributed by atoms with Crippen molar-refractivity contribution < 1.29 is 13.2 Å². The van der Waals surface area contributed by atoms with Gasteiger partial charge in [-0.3, -0.25) is 4.31 Å². The van der Waals surface area contributed by atoms with Crippen LogP contribution in [0.4, 0.5) is 11.6 Å². The topological polar surface area (TPSA) is 71.5 Å². The smallest absolute Gasteiger partial charge is 0.233 e. The van der Waals surface area contributed by atoms with Gasteiger partial charge < -0.3 is 10.1 Å². The molecular weight excluding hydrogens is 394 g/mol. The maximum absolute atomic E-state index is 11.8. The van der Waals surface area contributed by atoms with Gasteiger partial charge in [0, 0.05) is 32.1 Å². The van der Waals surface area contributed by atoms with E-state index in [1.54, 1.807) is 13.2 Å². The second kappa shape index (κ2) is 8.01. The Bertz CT molecular complexity index is 669. The van der Waals surface area contributed by atoms with Gasteiger partial charge in [-0.25, -0.2) is 13.4 Å². The molecule has 0 aliphatic heterocycles. The first-order valence-corrected chi connectivity index (χ1v) is 11.0. The van der Waals surface area contributed by atoms with Gasteiger partial charge in [-0.1, -0.05) is 22.9 Å². The predicted molar refractivity (Wildman–Crippen MR) is 101 cm³/mol. The fourth-order valence-corrected chi connectivity index (χ4v) is 3.55. The molecule has 1 unspecified atom stereocenters. The number of rotatable bonds is 9. The van der Waals surface area contributed by atoms with Gasteiger partial charge in [0.05, 0.1) is 6.26 Å². The lowest BCUT2D eigenvalue weighted by Gasteiger charge is -2.22. The molecule has 6 nitrogen and oxygen atoms in total. The second-order valence-corrected chi connectivity index (χ2v) is 9.07. The van der Waals surface area contributed by atoms with E-state index in [-0.39, 0.29) is 6.04 Å². The van der Waals surface area contributed by atoms with E-state index in [2.05, 4.69) is 33.2 Å². The third kappa shape index (κ3) is 5.07. The number of alkyl halides is 1. The average Bonchev–Trinajstić information content (AvgIpc) is 3.26. The molecule has 0 spiro atoms. The molecule has 0 saturated heterocycles. The number of aromatic nitrogens is 1. The summed E-state index contributed by atoms with van der Waals surface area (Å²) in [5, 5.41) is 4.13. The molecule has 1 saturated carbocycles. The summed E-state index contributed by atoms with van der Waals surface area (Å²) in [6, 6.07) is 4.03. The van der Waals surface area contributed by atoms with Crippen molar-refractivity contribution in [1.82, 2.24) is 4.98 Å². The standard InChI is InChI=1S/C16H26BrN3O3S/c1-11-7-13(11)14(5-6-23-3)18-15-8-12(10-17)9-16(19-15)20(2)24(4,21)22/h8-9,11,13-14H,5-7,10H2,1-4H3,(H,18,19)/t11-,13-,14?/m0/s1. The molecule has 1 aromatic rings. The molecule has 2 rings (SSSR count). The highest BCUT2D eigenvalue weighted by atomic mass is 79.9. The molecule has 1 N–H and O–H groups in total. The molecule has 0 radical (unpaired) electrons. The zero-order valence-corrected chi connectivity index (χ0v) is 17.0. The van der Waals surface area contributed by atoms with Crippen LogP contribution < -0.4 is 9.62 Å². The van der Waals surface area contributed by atoms with Crippen molar-refractivity contribution in [3.8, 4) is 0 Å². The van der Waals surface area contributed by atoms with E-state index in [4.69, 9.17) is 4.74 Å². The zero-order chi connectivity index (χ0) is 17.9. The van der Waals surface area contributed by atoms with Gasteiger partial charge in [0.2, 0.25) is 10.0 Å². The van der Waals surface area contributed by atoms with Crippen LogP contribution in [0.5, 0.6) is 0 Å². The lowest BCUT2D eigenvalue weighted by Crippen LogP contribution is -2.28. The lowest BCUT2D eigenvalue weighted by molar-refractivity contribution is 0.187. The molecule has 0 bridgehead atoms. The molecular formula is C16H26BrN3O3S. The summed E-state index contributed by atoms with van der Waals surface area (Å²) >= 11 is 3.44. The lowest BCUT2D eigenvalue weighted by atomic mass is 10.1. The van der Waals surface area contributed by atoms with Gasteiger partial charge >= 0.3 is 0 Å². The van der Waals surface area contributed by atoms with Crippen molar-refractivity contribution in [2.75, 3.05) is 36.6 Å². The summed E-state index contributed by atoms with van der Waals surface area (Å²) in [5.74, 6) is 2.45. The number of nitrogens with one attached hydrogen (secondary N) is 1. The van der Waals surface area contributed by atoms with Crippen LogP contribution in [0.25, 0.3) is 0 Å². The van der Waals surface area contributed by atoms with Gasteiger partial charge in [0.25, 0.3) is 0 Å². The highest BCUT2D eigenvalue weighted by Crippen LogP contribution is 2.42. The van der Waals surface area contributed by atoms with E-state index < -0.39 is 10.0 Å². The molecule has 1 aliphatic carbocycles. The highest BCUT2D eigenvalue weighted by Gasteiger charge is 2.39. The SMILES string of the molecule is COCCC(Nc1cc(CBr)cc(N(C)S(C)(=O)=O)n1)[C@H]1C[C@@H]1C. The van der Waals surface area contributed by atoms with Crippen molar-refractivity contribution in [2.24, 2.45) is 11.8 Å². The summed E-state index contributed by atoms with van der Waals surface area (Å²) in [7, 11) is -0.122. The largest absolute Gasteiger partial charge is 0.385 e. The molecule has 1 heterocycles. The van der Waals surface area contributed by atoms with Crippen LogP contribution in [-0.4, -0.2) is 46.5 Å². The Labute approximate surface area is 153 Å². The number of anilines is 2. The van der Waals surface area contributed by atoms with Crippen LogP contribution in [0.15, 0.2) is 12.1 Å². The quantitative estimate of drug-likeness (QED) is 0.622. The second-order valence-electron chi connectivity index (χ2n) is 6.49. The Morgan fingerprint density at radius 1 is 1.50 bits per heavy atom. The van der Waals surface area contributed by atoms with E-state index in [0.29, 0.717) is 35.4 Å². The molecule has 1 aliphatic rings. The Kier molecular flexibility index (Phi) is 6.50. The van der Waals surface area contributed by atoms with Crippen molar-refractivity contribution in [2.45, 2.75) is 31.1 Å². The van der Waals surface area contributed by atoms with Crippen LogP contribution in [0, 0.1) is 11.8 Å². The number of nitrogens with zero attached hydrogens (tertiary/aromatic N) is 2. The number of ether oxygens (including phenoxy) is 1. The van der Waals surface area contributed by atoms with Gasteiger partial charge in [0.15, 0.2) is 0 Å². The normalized spacial score (nSPS) is 21.4. The van der Waals surface area contributed by atoms with Gasteiger partial charge in [0.1, 0.15) is 11.6 Å². The number of methoxy groups -OCH3 is 1. The minimum atomic E-state index is -3.35. The van der Waals surface area contributed by atoms with Crippen molar-refractivity contribution in [1.29, 1.82) is 0 Å². The third-order valence-electron chi connectivity index (χ3n) is 4.50. The first-order valence-electron chi connectivity index (χ1n) is 8.02. The number of sulfonamides is 1. The fraction of sp³-hybridized carbons (Fsp3) is 0.688. The maximum Gasteiger partial charge on any atom is 0.233 e. The molecule has 136 valence electrons. The van der Waals surface area contributed by atoms with Crippen LogP contribution in [0.3, 0.4) is 0 Å². The fourth-order valence-electron chi connectivity index (χ4n) is 2.79. The van der Waals surface area contributed by atoms with Crippen molar-refractivity contribution in [3.63, 3.8) is 0 Å². The molecule has 24 heavy (non-hydrogen) atoms.